The second-order valence-corrected chi connectivity index (χ2v) is 8.71. The lowest BCUT2D eigenvalue weighted by atomic mass is 9.83. The number of hydrogen-bond acceptors (Lipinski definition) is 7. The van der Waals surface area contributed by atoms with Crippen LogP contribution < -0.4 is 21.9 Å². The summed E-state index contributed by atoms with van der Waals surface area (Å²) in [5.74, 6) is -1.05. The molecule has 0 spiro atoms. The van der Waals surface area contributed by atoms with Crippen LogP contribution in [0.2, 0.25) is 0 Å². The van der Waals surface area contributed by atoms with Crippen molar-refractivity contribution in [2.24, 2.45) is 11.5 Å². The molecule has 0 unspecified atom stereocenters. The molecule has 0 radical (unpaired) electrons. The summed E-state index contributed by atoms with van der Waals surface area (Å²) in [7, 11) is 0. The number of halogens is 1. The summed E-state index contributed by atoms with van der Waals surface area (Å²) in [4.78, 5) is 16.9. The molecule has 35 heavy (non-hydrogen) atoms. The average molecular weight is 477 g/mol. The van der Waals surface area contributed by atoms with Crippen molar-refractivity contribution in [3.8, 4) is 28.3 Å². The van der Waals surface area contributed by atoms with Crippen LogP contribution in [0.25, 0.3) is 33.4 Å². The van der Waals surface area contributed by atoms with Gasteiger partial charge in [-0.3, -0.25) is 4.79 Å². The standard InChI is InChI=1S/C25H25FN6O3/c1-2-35-18-10-17(13-6-4-3-5-7-13)30-22-15(18)8-9-16(20(22)26)21-19(24(28)33)23(27)32(31-21)14-11-25(29,34)12-14/h3-10,14,34H,2,11-12,27,29H2,1H3,(H2,28,33)/t14-,25+. The molecule has 1 amide bonds. The normalized spacial score (nSPS) is 19.5. The summed E-state index contributed by atoms with van der Waals surface area (Å²) in [6.07, 6.45) is 0.382. The van der Waals surface area contributed by atoms with E-state index in [9.17, 15) is 9.90 Å². The number of primary amides is 1. The van der Waals surface area contributed by atoms with E-state index in [0.29, 0.717) is 23.4 Å². The largest absolute Gasteiger partial charge is 0.493 e. The van der Waals surface area contributed by atoms with E-state index < -0.39 is 17.4 Å². The zero-order valence-corrected chi connectivity index (χ0v) is 19.0. The van der Waals surface area contributed by atoms with Crippen LogP contribution in [0.15, 0.2) is 48.5 Å². The summed E-state index contributed by atoms with van der Waals surface area (Å²) < 4.78 is 23.2. The van der Waals surface area contributed by atoms with Crippen LogP contribution in [0.1, 0.15) is 36.2 Å². The molecule has 180 valence electrons. The van der Waals surface area contributed by atoms with Crippen LogP contribution in [0.5, 0.6) is 5.75 Å². The summed E-state index contributed by atoms with van der Waals surface area (Å²) in [5.41, 5.74) is 17.5. The Bertz CT molecular complexity index is 1440. The van der Waals surface area contributed by atoms with Gasteiger partial charge >= 0.3 is 0 Å². The number of aromatic nitrogens is 3. The lowest BCUT2D eigenvalue weighted by Gasteiger charge is -2.40. The maximum atomic E-state index is 16.1. The number of ether oxygens (including phenoxy) is 1. The van der Waals surface area contributed by atoms with Crippen molar-refractivity contribution < 1.29 is 19.0 Å². The van der Waals surface area contributed by atoms with Crippen LogP contribution in [0.3, 0.4) is 0 Å². The van der Waals surface area contributed by atoms with Crippen LogP contribution in [0, 0.1) is 5.82 Å². The predicted molar refractivity (Wildman–Crippen MR) is 130 cm³/mol. The van der Waals surface area contributed by atoms with Gasteiger partial charge in [0.25, 0.3) is 5.91 Å². The van der Waals surface area contributed by atoms with Crippen molar-refractivity contribution >= 4 is 22.6 Å². The van der Waals surface area contributed by atoms with Gasteiger partial charge in [-0.25, -0.2) is 14.1 Å². The average Bonchev–Trinajstić information content (AvgIpc) is 3.15. The Morgan fingerprint density at radius 1 is 1.26 bits per heavy atom. The van der Waals surface area contributed by atoms with Crippen molar-refractivity contribution in [2.75, 3.05) is 12.3 Å². The molecule has 0 saturated heterocycles. The third-order valence-electron chi connectivity index (χ3n) is 6.22. The molecule has 10 heteroatoms. The van der Waals surface area contributed by atoms with Gasteiger partial charge in [-0.1, -0.05) is 30.3 Å². The molecule has 0 bridgehead atoms. The van der Waals surface area contributed by atoms with E-state index in [2.05, 4.69) is 10.1 Å². The number of carbonyl (C=O) groups excluding carboxylic acids is 1. The summed E-state index contributed by atoms with van der Waals surface area (Å²) in [5, 5.41) is 14.8. The molecule has 1 aliphatic carbocycles. The Morgan fingerprint density at radius 2 is 1.97 bits per heavy atom. The molecule has 5 rings (SSSR count). The highest BCUT2D eigenvalue weighted by atomic mass is 19.1. The van der Waals surface area contributed by atoms with Gasteiger partial charge in [-0.15, -0.1) is 0 Å². The molecule has 2 heterocycles. The number of benzene rings is 2. The number of fused-ring (bicyclic) bond motifs is 1. The molecule has 2 aromatic heterocycles. The van der Waals surface area contributed by atoms with E-state index in [-0.39, 0.29) is 47.0 Å². The molecular formula is C25H25FN6O3. The molecular weight excluding hydrogens is 451 g/mol. The summed E-state index contributed by atoms with van der Waals surface area (Å²) in [6, 6.07) is 14.0. The van der Waals surface area contributed by atoms with Crippen molar-refractivity contribution in [2.45, 2.75) is 31.5 Å². The van der Waals surface area contributed by atoms with Crippen molar-refractivity contribution in [3.05, 3.63) is 59.9 Å². The SMILES string of the molecule is CCOc1cc(-c2ccccc2)nc2c(F)c(-c3nn([C@H]4C[C@@](N)(O)C4)c(N)c3C(N)=O)ccc12. The molecule has 1 saturated carbocycles. The van der Waals surface area contributed by atoms with Gasteiger partial charge in [0.1, 0.15) is 34.1 Å². The number of nitrogen functional groups attached to an aromatic ring is 1. The zero-order chi connectivity index (χ0) is 24.9. The smallest absolute Gasteiger partial charge is 0.254 e. The fraction of sp³-hybridized carbons (Fsp3) is 0.240. The monoisotopic (exact) mass is 476 g/mol. The highest BCUT2D eigenvalue weighted by Gasteiger charge is 2.42. The van der Waals surface area contributed by atoms with Gasteiger partial charge < -0.3 is 27.0 Å². The molecule has 4 aromatic rings. The second-order valence-electron chi connectivity index (χ2n) is 8.71. The van der Waals surface area contributed by atoms with Gasteiger partial charge in [0, 0.05) is 35.4 Å². The minimum absolute atomic E-state index is 0.00602. The maximum Gasteiger partial charge on any atom is 0.254 e. The third-order valence-corrected chi connectivity index (χ3v) is 6.22. The topological polar surface area (TPSA) is 155 Å². The van der Waals surface area contributed by atoms with Crippen LogP contribution in [0.4, 0.5) is 10.2 Å². The van der Waals surface area contributed by atoms with Crippen LogP contribution in [-0.4, -0.2) is 38.1 Å². The van der Waals surface area contributed by atoms with Crippen LogP contribution >= 0.6 is 0 Å². The summed E-state index contributed by atoms with van der Waals surface area (Å²) in [6.45, 7) is 2.23. The molecule has 1 aliphatic rings. The first-order valence-electron chi connectivity index (χ1n) is 11.2. The minimum atomic E-state index is -1.34. The first kappa shape index (κ1) is 22.8. The Kier molecular flexibility index (Phi) is 5.42. The predicted octanol–water partition coefficient (Wildman–Crippen LogP) is 2.97. The number of amides is 1. The number of nitrogens with two attached hydrogens (primary N) is 3. The Balaban J connectivity index is 1.70. The highest BCUT2D eigenvalue weighted by molar-refractivity contribution is 6.04. The molecule has 0 atom stereocenters. The van der Waals surface area contributed by atoms with Crippen molar-refractivity contribution in [1.29, 1.82) is 0 Å². The fourth-order valence-corrected chi connectivity index (χ4v) is 4.53. The van der Waals surface area contributed by atoms with Gasteiger partial charge in [-0.05, 0) is 19.1 Å². The highest BCUT2D eigenvalue weighted by Crippen LogP contribution is 2.42. The number of carbonyl (C=O) groups is 1. The number of anilines is 1. The minimum Gasteiger partial charge on any atom is -0.493 e. The fourth-order valence-electron chi connectivity index (χ4n) is 4.53. The number of aliphatic hydroxyl groups is 1. The third kappa shape index (κ3) is 3.86. The molecule has 7 N–H and O–H groups in total. The van der Waals surface area contributed by atoms with E-state index in [1.165, 1.54) is 10.7 Å². The van der Waals surface area contributed by atoms with Gasteiger partial charge in [-0.2, -0.15) is 5.10 Å². The van der Waals surface area contributed by atoms with E-state index in [1.807, 2.05) is 37.3 Å². The molecule has 1 fully saturated rings. The van der Waals surface area contributed by atoms with Crippen LogP contribution in [-0.2, 0) is 0 Å². The first-order chi connectivity index (χ1) is 16.7. The lowest BCUT2D eigenvalue weighted by Crippen LogP contribution is -2.52. The Morgan fingerprint density at radius 3 is 2.60 bits per heavy atom. The molecule has 2 aromatic carbocycles. The quantitative estimate of drug-likeness (QED) is 0.312. The van der Waals surface area contributed by atoms with E-state index in [0.717, 1.165) is 5.56 Å². The second kappa shape index (κ2) is 8.33. The maximum absolute atomic E-state index is 16.1. The molecule has 9 nitrogen and oxygen atoms in total. The Hall–Kier alpha value is -4.02. The van der Waals surface area contributed by atoms with E-state index >= 15 is 4.39 Å². The van der Waals surface area contributed by atoms with E-state index in [4.69, 9.17) is 21.9 Å². The summed E-state index contributed by atoms with van der Waals surface area (Å²) >= 11 is 0. The number of nitrogens with zero attached hydrogens (tertiary/aromatic N) is 3. The first-order valence-corrected chi connectivity index (χ1v) is 11.2. The lowest BCUT2D eigenvalue weighted by molar-refractivity contribution is -0.0643. The Labute approximate surface area is 200 Å². The van der Waals surface area contributed by atoms with Gasteiger partial charge in [0.15, 0.2) is 5.82 Å². The number of pyridine rings is 1. The number of rotatable bonds is 6. The van der Waals surface area contributed by atoms with E-state index in [1.54, 1.807) is 12.1 Å². The van der Waals surface area contributed by atoms with Crippen molar-refractivity contribution in [3.63, 3.8) is 0 Å². The number of hydrogen-bond donors (Lipinski definition) is 4. The zero-order valence-electron chi connectivity index (χ0n) is 19.0. The van der Waals surface area contributed by atoms with Gasteiger partial charge in [0.05, 0.1) is 18.3 Å². The van der Waals surface area contributed by atoms with Crippen molar-refractivity contribution in [1.82, 2.24) is 14.8 Å². The molecule has 0 aliphatic heterocycles. The van der Waals surface area contributed by atoms with Gasteiger partial charge in [0.2, 0.25) is 0 Å².